The van der Waals surface area contributed by atoms with Crippen LogP contribution in [0.15, 0.2) is 54.6 Å². The number of aromatic nitrogens is 1. The van der Waals surface area contributed by atoms with Crippen LogP contribution in [0, 0.1) is 11.8 Å². The van der Waals surface area contributed by atoms with E-state index in [2.05, 4.69) is 4.98 Å². The van der Waals surface area contributed by atoms with E-state index in [9.17, 15) is 9.59 Å². The molecule has 1 aromatic heterocycles. The normalized spacial score (nSPS) is 18.9. The van der Waals surface area contributed by atoms with Gasteiger partial charge in [0.15, 0.2) is 6.61 Å². The molecule has 0 bridgehead atoms. The molecule has 1 aliphatic carbocycles. The van der Waals surface area contributed by atoms with Crippen LogP contribution in [0.25, 0.3) is 22.2 Å². The molecule has 4 rings (SSSR count). The van der Waals surface area contributed by atoms with E-state index >= 15 is 0 Å². The van der Waals surface area contributed by atoms with E-state index in [0.29, 0.717) is 11.5 Å². The van der Waals surface area contributed by atoms with Crippen molar-refractivity contribution in [3.63, 3.8) is 0 Å². The first-order valence-electron chi connectivity index (χ1n) is 8.51. The van der Waals surface area contributed by atoms with Crippen molar-refractivity contribution in [2.75, 3.05) is 6.61 Å². The van der Waals surface area contributed by atoms with Crippen LogP contribution in [0.5, 0.6) is 0 Å². The Morgan fingerprint density at radius 3 is 2.48 bits per heavy atom. The van der Waals surface area contributed by atoms with Gasteiger partial charge in [0.2, 0.25) is 5.78 Å². The number of rotatable bonds is 5. The summed E-state index contributed by atoms with van der Waals surface area (Å²) in [5.41, 5.74) is 3.18. The fourth-order valence-electron chi connectivity index (χ4n) is 3.22. The summed E-state index contributed by atoms with van der Waals surface area (Å²) in [6.45, 7) is 1.80. The van der Waals surface area contributed by atoms with Crippen molar-refractivity contribution in [3.8, 4) is 11.3 Å². The monoisotopic (exact) mass is 333 g/mol. The zero-order chi connectivity index (χ0) is 17.4. The van der Waals surface area contributed by atoms with Gasteiger partial charge in [-0.15, -0.1) is 0 Å². The smallest absolute Gasteiger partial charge is 0.309 e. The molecule has 126 valence electrons. The van der Waals surface area contributed by atoms with E-state index in [4.69, 9.17) is 4.74 Å². The number of H-pyrrole nitrogens is 1. The van der Waals surface area contributed by atoms with Crippen molar-refractivity contribution in [1.82, 2.24) is 4.98 Å². The first-order valence-corrected chi connectivity index (χ1v) is 8.51. The Balaban J connectivity index is 1.67. The van der Waals surface area contributed by atoms with Gasteiger partial charge >= 0.3 is 5.97 Å². The Morgan fingerprint density at radius 1 is 1.08 bits per heavy atom. The number of para-hydroxylation sites is 1. The van der Waals surface area contributed by atoms with Gasteiger partial charge in [0, 0.05) is 10.9 Å². The summed E-state index contributed by atoms with van der Waals surface area (Å²) in [5, 5.41) is 0.849. The second-order valence-corrected chi connectivity index (χ2v) is 6.64. The molecule has 2 atom stereocenters. The predicted molar refractivity (Wildman–Crippen MR) is 96.3 cm³/mol. The molecule has 1 saturated carbocycles. The molecule has 1 heterocycles. The molecule has 4 heteroatoms. The number of benzene rings is 2. The summed E-state index contributed by atoms with van der Waals surface area (Å²) in [4.78, 5) is 28.1. The molecule has 25 heavy (non-hydrogen) atoms. The van der Waals surface area contributed by atoms with Crippen LogP contribution in [0.3, 0.4) is 0 Å². The quantitative estimate of drug-likeness (QED) is 0.562. The van der Waals surface area contributed by atoms with Crippen LogP contribution in [0.2, 0.25) is 0 Å². The number of aromatic amines is 1. The molecular formula is C21H19NO3. The number of carbonyl (C=O) groups excluding carboxylic acids is 2. The highest BCUT2D eigenvalue weighted by atomic mass is 16.5. The van der Waals surface area contributed by atoms with E-state index in [1.807, 2.05) is 61.5 Å². The molecule has 1 fully saturated rings. The van der Waals surface area contributed by atoms with Gasteiger partial charge in [0.25, 0.3) is 0 Å². The van der Waals surface area contributed by atoms with Crippen molar-refractivity contribution in [1.29, 1.82) is 0 Å². The first kappa shape index (κ1) is 15.6. The summed E-state index contributed by atoms with van der Waals surface area (Å²) < 4.78 is 5.26. The second kappa shape index (κ2) is 6.20. The van der Waals surface area contributed by atoms with Crippen LogP contribution < -0.4 is 0 Å². The number of carbonyl (C=O) groups is 2. The lowest BCUT2D eigenvalue weighted by atomic mass is 10.0. The zero-order valence-corrected chi connectivity index (χ0v) is 14.0. The summed E-state index contributed by atoms with van der Waals surface area (Å²) in [6.07, 6.45) is 0.857. The number of nitrogens with one attached hydrogen (secondary N) is 1. The maximum Gasteiger partial charge on any atom is 0.309 e. The molecule has 3 aromatic rings. The Morgan fingerprint density at radius 2 is 1.76 bits per heavy atom. The summed E-state index contributed by atoms with van der Waals surface area (Å²) >= 11 is 0. The van der Waals surface area contributed by atoms with Crippen molar-refractivity contribution in [2.24, 2.45) is 11.8 Å². The Kier molecular flexibility index (Phi) is 3.88. The molecule has 2 unspecified atom stereocenters. The topological polar surface area (TPSA) is 59.2 Å². The zero-order valence-electron chi connectivity index (χ0n) is 14.0. The van der Waals surface area contributed by atoms with Gasteiger partial charge in [-0.3, -0.25) is 9.59 Å². The summed E-state index contributed by atoms with van der Waals surface area (Å²) in [6, 6.07) is 17.4. The first-order chi connectivity index (χ1) is 12.1. The minimum Gasteiger partial charge on any atom is -0.457 e. The largest absolute Gasteiger partial charge is 0.457 e. The van der Waals surface area contributed by atoms with E-state index < -0.39 is 0 Å². The minimum absolute atomic E-state index is 0.0376. The van der Waals surface area contributed by atoms with E-state index in [0.717, 1.165) is 28.6 Å². The van der Waals surface area contributed by atoms with Gasteiger partial charge < -0.3 is 9.72 Å². The fraction of sp³-hybridized carbons (Fsp3) is 0.238. The summed E-state index contributed by atoms with van der Waals surface area (Å²) in [5.74, 6) is -0.111. The number of Topliss-reactive ketones (excluding diaryl/α,β-unsaturated/α-hetero) is 1. The van der Waals surface area contributed by atoms with Gasteiger partial charge in [-0.1, -0.05) is 55.5 Å². The van der Waals surface area contributed by atoms with Crippen LogP contribution in [0.4, 0.5) is 0 Å². The van der Waals surface area contributed by atoms with Gasteiger partial charge in [0.05, 0.1) is 17.2 Å². The van der Waals surface area contributed by atoms with Crippen molar-refractivity contribution in [3.05, 3.63) is 60.2 Å². The maximum absolute atomic E-state index is 12.8. The van der Waals surface area contributed by atoms with Crippen LogP contribution >= 0.6 is 0 Å². The molecular weight excluding hydrogens is 314 g/mol. The molecule has 0 aliphatic heterocycles. The summed E-state index contributed by atoms with van der Waals surface area (Å²) in [7, 11) is 0. The number of hydrogen-bond acceptors (Lipinski definition) is 3. The lowest BCUT2D eigenvalue weighted by molar-refractivity contribution is -0.144. The number of hydrogen-bond donors (Lipinski definition) is 1. The number of ketones is 1. The van der Waals surface area contributed by atoms with Gasteiger partial charge in [0.1, 0.15) is 0 Å². The molecule has 4 nitrogen and oxygen atoms in total. The Labute approximate surface area is 145 Å². The lowest BCUT2D eigenvalue weighted by Crippen LogP contribution is -2.16. The Hall–Kier alpha value is -2.88. The van der Waals surface area contributed by atoms with Crippen LogP contribution in [-0.2, 0) is 9.53 Å². The van der Waals surface area contributed by atoms with E-state index in [-0.39, 0.29) is 24.3 Å². The standard InChI is InChI=1S/C21H19NO3/c1-13-11-16(13)21(24)25-12-18(23)19-15-9-5-6-10-17(15)22-20(19)14-7-3-2-4-8-14/h2-10,13,16,22H,11-12H2,1H3. The molecule has 2 aromatic carbocycles. The van der Waals surface area contributed by atoms with E-state index in [1.165, 1.54) is 0 Å². The molecule has 1 aliphatic rings. The maximum atomic E-state index is 12.8. The van der Waals surface area contributed by atoms with E-state index in [1.54, 1.807) is 0 Å². The third kappa shape index (κ3) is 2.95. The van der Waals surface area contributed by atoms with Crippen molar-refractivity contribution >= 4 is 22.7 Å². The van der Waals surface area contributed by atoms with Crippen molar-refractivity contribution < 1.29 is 14.3 Å². The molecule has 0 saturated heterocycles. The van der Waals surface area contributed by atoms with Crippen LogP contribution in [-0.4, -0.2) is 23.3 Å². The molecule has 0 radical (unpaired) electrons. The van der Waals surface area contributed by atoms with Gasteiger partial charge in [-0.05, 0) is 24.0 Å². The number of fused-ring (bicyclic) bond motifs is 1. The highest BCUT2D eigenvalue weighted by Crippen LogP contribution is 2.38. The van der Waals surface area contributed by atoms with Gasteiger partial charge in [-0.25, -0.2) is 0 Å². The molecule has 1 N–H and O–H groups in total. The lowest BCUT2D eigenvalue weighted by Gasteiger charge is -2.06. The number of ether oxygens (including phenoxy) is 1. The number of esters is 1. The average Bonchev–Trinajstić information content (AvgIpc) is 3.25. The molecule has 0 spiro atoms. The van der Waals surface area contributed by atoms with Crippen LogP contribution in [0.1, 0.15) is 23.7 Å². The second-order valence-electron chi connectivity index (χ2n) is 6.64. The van der Waals surface area contributed by atoms with Crippen molar-refractivity contribution in [2.45, 2.75) is 13.3 Å². The highest BCUT2D eigenvalue weighted by Gasteiger charge is 2.40. The average molecular weight is 333 g/mol. The molecule has 0 amide bonds. The highest BCUT2D eigenvalue weighted by molar-refractivity contribution is 6.14. The third-order valence-corrected chi connectivity index (χ3v) is 4.81. The van der Waals surface area contributed by atoms with Gasteiger partial charge in [-0.2, -0.15) is 0 Å². The Bertz CT molecular complexity index is 942. The SMILES string of the molecule is CC1CC1C(=O)OCC(=O)c1c(-c2ccccc2)[nH]c2ccccc12. The predicted octanol–water partition coefficient (Wildman–Crippen LogP) is 4.22. The minimum atomic E-state index is -0.262. The fourth-order valence-corrected chi connectivity index (χ4v) is 3.22. The third-order valence-electron chi connectivity index (χ3n) is 4.81.